The molecule has 4 rings (SSSR count). The Kier molecular flexibility index (Phi) is 3.87. The van der Waals surface area contributed by atoms with Crippen LogP contribution in [0.2, 0.25) is 0 Å². The molecule has 2 aromatic heterocycles. The van der Waals surface area contributed by atoms with E-state index in [0.717, 1.165) is 29.6 Å². The lowest BCUT2D eigenvalue weighted by Gasteiger charge is -2.27. The number of aromatic nitrogens is 1. The smallest absolute Gasteiger partial charge is 0.263 e. The third-order valence-corrected chi connectivity index (χ3v) is 4.67. The summed E-state index contributed by atoms with van der Waals surface area (Å²) < 4.78 is 11.2. The molecule has 0 fully saturated rings. The number of carbonyl (C=O) groups excluding carboxylic acids is 1. The van der Waals surface area contributed by atoms with Gasteiger partial charge in [-0.25, -0.2) is 10.4 Å². The normalized spacial score (nSPS) is 20.6. The van der Waals surface area contributed by atoms with Crippen molar-refractivity contribution in [1.29, 1.82) is 0 Å². The van der Waals surface area contributed by atoms with Gasteiger partial charge in [-0.2, -0.15) is 5.10 Å². The number of amides is 1. The van der Waals surface area contributed by atoms with E-state index < -0.39 is 0 Å². The van der Waals surface area contributed by atoms with E-state index in [1.54, 1.807) is 12.3 Å². The predicted molar refractivity (Wildman–Crippen MR) is 94.0 cm³/mol. The Labute approximate surface area is 144 Å². The van der Waals surface area contributed by atoms with Crippen molar-refractivity contribution in [2.75, 3.05) is 0 Å². The van der Waals surface area contributed by atoms with Crippen molar-refractivity contribution in [3.8, 4) is 11.7 Å². The van der Waals surface area contributed by atoms with Crippen LogP contribution < -0.4 is 5.43 Å². The van der Waals surface area contributed by atoms with E-state index in [-0.39, 0.29) is 17.7 Å². The fraction of sp³-hybridized carbons (Fsp3) is 0.316. The highest BCUT2D eigenvalue weighted by Gasteiger charge is 2.32. The number of hydrazone groups is 1. The van der Waals surface area contributed by atoms with Crippen molar-refractivity contribution in [3.63, 3.8) is 0 Å². The summed E-state index contributed by atoms with van der Waals surface area (Å²) in [4.78, 5) is 16.5. The van der Waals surface area contributed by atoms with Gasteiger partial charge in [0.25, 0.3) is 5.89 Å². The van der Waals surface area contributed by atoms with Crippen molar-refractivity contribution in [2.24, 2.45) is 16.9 Å². The van der Waals surface area contributed by atoms with Gasteiger partial charge in [-0.3, -0.25) is 4.79 Å². The lowest BCUT2D eigenvalue weighted by atomic mass is 9.82. The summed E-state index contributed by atoms with van der Waals surface area (Å²) in [7, 11) is 0. The number of carbonyl (C=O) groups is 1. The molecule has 3 aromatic rings. The molecule has 6 nitrogen and oxygen atoms in total. The van der Waals surface area contributed by atoms with Gasteiger partial charge >= 0.3 is 0 Å². The lowest BCUT2D eigenvalue weighted by molar-refractivity contribution is -0.126. The Bertz CT molecular complexity index is 940. The van der Waals surface area contributed by atoms with Crippen molar-refractivity contribution >= 4 is 22.7 Å². The summed E-state index contributed by atoms with van der Waals surface area (Å²) in [6.45, 7) is 4.14. The van der Waals surface area contributed by atoms with Crippen LogP contribution in [0.15, 0.2) is 50.5 Å². The second-order valence-electron chi connectivity index (χ2n) is 6.34. The largest absolute Gasteiger partial charge is 0.459 e. The van der Waals surface area contributed by atoms with E-state index in [0.29, 0.717) is 17.2 Å². The predicted octanol–water partition coefficient (Wildman–Crippen LogP) is 3.97. The van der Waals surface area contributed by atoms with Gasteiger partial charge in [0.15, 0.2) is 11.3 Å². The highest BCUT2D eigenvalue weighted by molar-refractivity contribution is 6.07. The van der Waals surface area contributed by atoms with Crippen molar-refractivity contribution in [3.05, 3.63) is 42.2 Å². The topological polar surface area (TPSA) is 80.6 Å². The summed E-state index contributed by atoms with van der Waals surface area (Å²) in [5.74, 6) is 1.04. The molecule has 25 heavy (non-hydrogen) atoms. The molecule has 3 heterocycles. The van der Waals surface area contributed by atoms with Gasteiger partial charge in [-0.1, -0.05) is 26.3 Å². The summed E-state index contributed by atoms with van der Waals surface area (Å²) in [6.07, 6.45) is 3.40. The molecule has 0 spiro atoms. The van der Waals surface area contributed by atoms with E-state index >= 15 is 0 Å². The zero-order valence-electron chi connectivity index (χ0n) is 14.2. The molecule has 2 atom stereocenters. The van der Waals surface area contributed by atoms with Gasteiger partial charge in [-0.05, 0) is 30.7 Å². The molecule has 0 radical (unpaired) electrons. The van der Waals surface area contributed by atoms with Gasteiger partial charge < -0.3 is 8.83 Å². The summed E-state index contributed by atoms with van der Waals surface area (Å²) in [6, 6.07) is 9.40. The van der Waals surface area contributed by atoms with E-state index in [1.165, 1.54) is 0 Å². The molecule has 6 heteroatoms. The number of nitrogens with zero attached hydrogens (tertiary/aromatic N) is 2. The van der Waals surface area contributed by atoms with Crippen LogP contribution in [0.3, 0.4) is 0 Å². The molecule has 0 bridgehead atoms. The molecule has 0 saturated carbocycles. The average molecular weight is 337 g/mol. The maximum Gasteiger partial charge on any atom is 0.263 e. The molecule has 0 aliphatic carbocycles. The van der Waals surface area contributed by atoms with Gasteiger partial charge in [-0.15, -0.1) is 0 Å². The minimum absolute atomic E-state index is 0.000973. The maximum atomic E-state index is 12.1. The van der Waals surface area contributed by atoms with Crippen LogP contribution in [-0.2, 0) is 4.79 Å². The Hall–Kier alpha value is -2.89. The Morgan fingerprint density at radius 3 is 2.92 bits per heavy atom. The van der Waals surface area contributed by atoms with Gasteiger partial charge in [0, 0.05) is 17.4 Å². The number of nitrogens with one attached hydrogen (secondary N) is 1. The molecule has 0 unspecified atom stereocenters. The average Bonchev–Trinajstić information content (AvgIpc) is 3.26. The Balaban J connectivity index is 1.70. The number of furan rings is 1. The molecule has 1 aliphatic rings. The van der Waals surface area contributed by atoms with Crippen LogP contribution in [0.5, 0.6) is 0 Å². The third-order valence-electron chi connectivity index (χ3n) is 4.67. The number of hydrogen-bond acceptors (Lipinski definition) is 5. The van der Waals surface area contributed by atoms with Crippen LogP contribution >= 0.6 is 0 Å². The lowest BCUT2D eigenvalue weighted by Crippen LogP contribution is -2.40. The molecule has 128 valence electrons. The van der Waals surface area contributed by atoms with E-state index in [4.69, 9.17) is 8.83 Å². The number of rotatable bonds is 4. The number of fused-ring (bicyclic) bond motifs is 1. The van der Waals surface area contributed by atoms with Crippen molar-refractivity contribution in [1.82, 2.24) is 10.4 Å². The molecule has 1 amide bonds. The Morgan fingerprint density at radius 1 is 1.28 bits per heavy atom. The van der Waals surface area contributed by atoms with Crippen LogP contribution in [0.25, 0.3) is 22.8 Å². The summed E-state index contributed by atoms with van der Waals surface area (Å²) in [5.41, 5.74) is 5.89. The number of benzene rings is 1. The second kappa shape index (κ2) is 6.20. The molecule has 1 aliphatic heterocycles. The zero-order chi connectivity index (χ0) is 17.4. The first kappa shape index (κ1) is 15.6. The third kappa shape index (κ3) is 2.73. The number of oxazole rings is 1. The first-order valence-corrected chi connectivity index (χ1v) is 8.49. The van der Waals surface area contributed by atoms with Crippen LogP contribution in [0.1, 0.15) is 32.3 Å². The van der Waals surface area contributed by atoms with Crippen LogP contribution in [0.4, 0.5) is 0 Å². The molecular weight excluding hydrogens is 318 g/mol. The van der Waals surface area contributed by atoms with E-state index in [2.05, 4.69) is 29.4 Å². The molecule has 0 saturated heterocycles. The van der Waals surface area contributed by atoms with Crippen molar-refractivity contribution in [2.45, 2.75) is 26.7 Å². The molecule has 1 aromatic carbocycles. The fourth-order valence-electron chi connectivity index (χ4n) is 3.33. The second-order valence-corrected chi connectivity index (χ2v) is 6.34. The zero-order valence-corrected chi connectivity index (χ0v) is 14.2. The quantitative estimate of drug-likeness (QED) is 0.781. The number of hydrogen-bond donors (Lipinski definition) is 1. The summed E-state index contributed by atoms with van der Waals surface area (Å²) in [5, 5.41) is 4.29. The first-order chi connectivity index (χ1) is 12.2. The minimum Gasteiger partial charge on any atom is -0.459 e. The van der Waals surface area contributed by atoms with E-state index in [1.807, 2.05) is 24.3 Å². The highest BCUT2D eigenvalue weighted by atomic mass is 16.4. The summed E-state index contributed by atoms with van der Waals surface area (Å²) >= 11 is 0. The van der Waals surface area contributed by atoms with E-state index in [9.17, 15) is 4.79 Å². The maximum absolute atomic E-state index is 12.1. The van der Waals surface area contributed by atoms with Gasteiger partial charge in [0.05, 0.1) is 12.0 Å². The van der Waals surface area contributed by atoms with Crippen LogP contribution in [-0.4, -0.2) is 16.6 Å². The minimum atomic E-state index is -0.0541. The Morgan fingerprint density at radius 2 is 2.16 bits per heavy atom. The monoisotopic (exact) mass is 337 g/mol. The van der Waals surface area contributed by atoms with Crippen LogP contribution in [0, 0.1) is 11.8 Å². The first-order valence-electron chi connectivity index (χ1n) is 8.49. The molecule has 1 N–H and O–H groups in total. The SMILES string of the molecule is CCC[C@H]1C(=O)NN=C(c2ccc3nc(-c4ccco4)oc3c2)[C@@H]1C. The van der Waals surface area contributed by atoms with Crippen molar-refractivity contribution < 1.29 is 13.6 Å². The van der Waals surface area contributed by atoms with Gasteiger partial charge in [0.1, 0.15) is 5.52 Å². The molecular formula is C19H19N3O3. The van der Waals surface area contributed by atoms with Gasteiger partial charge in [0.2, 0.25) is 5.91 Å². The highest BCUT2D eigenvalue weighted by Crippen LogP contribution is 2.29. The fourth-order valence-corrected chi connectivity index (χ4v) is 3.33. The standard InChI is InChI=1S/C19H19N3O3/c1-3-5-13-11(2)17(21-22-18(13)23)12-7-8-14-16(10-12)25-19(20-14)15-6-4-9-24-15/h4,6-11,13H,3,5H2,1-2H3,(H,22,23)/t11-,13-/m1/s1.